The van der Waals surface area contributed by atoms with Gasteiger partial charge in [0.25, 0.3) is 0 Å². The van der Waals surface area contributed by atoms with Crippen molar-refractivity contribution in [1.29, 1.82) is 0 Å². The number of likely N-dealkylation sites (tertiary alicyclic amines) is 1. The molecule has 0 spiro atoms. The molecule has 5 heteroatoms. The summed E-state index contributed by atoms with van der Waals surface area (Å²) in [4.78, 5) is 24.5. The third-order valence-corrected chi connectivity index (χ3v) is 6.05. The van der Waals surface area contributed by atoms with Crippen molar-refractivity contribution in [3.05, 3.63) is 83.9 Å². The fraction of sp³-hybridized carbons (Fsp3) is 0.346. The van der Waals surface area contributed by atoms with Crippen molar-refractivity contribution < 1.29 is 4.79 Å². The van der Waals surface area contributed by atoms with E-state index in [-0.39, 0.29) is 5.91 Å². The van der Waals surface area contributed by atoms with Gasteiger partial charge in [-0.25, -0.2) is 0 Å². The van der Waals surface area contributed by atoms with E-state index in [0.717, 1.165) is 55.0 Å². The smallest absolute Gasteiger partial charge is 0.227 e. The van der Waals surface area contributed by atoms with Crippen molar-refractivity contribution in [1.82, 2.24) is 20.2 Å². The molecule has 1 aliphatic rings. The lowest BCUT2D eigenvalue weighted by Crippen LogP contribution is -2.44. The van der Waals surface area contributed by atoms with E-state index in [1.54, 1.807) is 6.20 Å². The maximum atomic E-state index is 13.2. The zero-order chi connectivity index (χ0) is 21.7. The molecule has 0 saturated carbocycles. The number of hydrogen-bond acceptors (Lipinski definition) is 4. The molecule has 4 rings (SSSR count). The molecular weight excluding hydrogens is 384 g/mol. The first-order chi connectivity index (χ1) is 15.1. The van der Waals surface area contributed by atoms with Crippen LogP contribution in [-0.4, -0.2) is 40.4 Å². The molecule has 0 aliphatic carbocycles. The Morgan fingerprint density at radius 1 is 1.13 bits per heavy atom. The third-order valence-electron chi connectivity index (χ3n) is 6.05. The fourth-order valence-corrected chi connectivity index (χ4v) is 4.55. The minimum atomic E-state index is -0.423. The number of pyridine rings is 2. The van der Waals surface area contributed by atoms with E-state index in [0.29, 0.717) is 6.54 Å². The van der Waals surface area contributed by atoms with E-state index in [4.69, 9.17) is 0 Å². The van der Waals surface area contributed by atoms with Gasteiger partial charge in [0.15, 0.2) is 0 Å². The van der Waals surface area contributed by atoms with Crippen LogP contribution in [0.4, 0.5) is 0 Å². The van der Waals surface area contributed by atoms with Crippen molar-refractivity contribution >= 4 is 5.91 Å². The molecule has 2 aromatic heterocycles. The SMILES string of the molecule is CCNC(=O)[C@@]1(Cc2cccc(-c3cccnc3)c2)CCN(Cc2cccc(C)n2)C1. The molecule has 1 atom stereocenters. The van der Waals surface area contributed by atoms with Crippen LogP contribution >= 0.6 is 0 Å². The summed E-state index contributed by atoms with van der Waals surface area (Å²) < 4.78 is 0. The van der Waals surface area contributed by atoms with E-state index in [9.17, 15) is 4.79 Å². The number of rotatable bonds is 7. The van der Waals surface area contributed by atoms with Crippen molar-refractivity contribution in [2.24, 2.45) is 5.41 Å². The van der Waals surface area contributed by atoms with Crippen LogP contribution in [0.1, 0.15) is 30.3 Å². The van der Waals surface area contributed by atoms with Gasteiger partial charge in [-0.05, 0) is 68.1 Å². The topological polar surface area (TPSA) is 58.1 Å². The summed E-state index contributed by atoms with van der Waals surface area (Å²) in [5, 5.41) is 3.10. The number of carbonyl (C=O) groups is 1. The lowest BCUT2D eigenvalue weighted by molar-refractivity contribution is -0.130. The lowest BCUT2D eigenvalue weighted by atomic mass is 9.79. The molecule has 1 amide bonds. The predicted molar refractivity (Wildman–Crippen MR) is 123 cm³/mol. The van der Waals surface area contributed by atoms with Crippen LogP contribution in [0.5, 0.6) is 0 Å². The Morgan fingerprint density at radius 3 is 2.74 bits per heavy atom. The molecule has 0 bridgehead atoms. The number of benzene rings is 1. The Labute approximate surface area is 184 Å². The van der Waals surface area contributed by atoms with Gasteiger partial charge >= 0.3 is 0 Å². The van der Waals surface area contributed by atoms with Crippen molar-refractivity contribution in [3.63, 3.8) is 0 Å². The van der Waals surface area contributed by atoms with Crippen LogP contribution < -0.4 is 5.32 Å². The van der Waals surface area contributed by atoms with Crippen molar-refractivity contribution in [3.8, 4) is 11.1 Å². The van der Waals surface area contributed by atoms with E-state index >= 15 is 0 Å². The zero-order valence-electron chi connectivity index (χ0n) is 18.3. The van der Waals surface area contributed by atoms with Gasteiger partial charge in [0.2, 0.25) is 5.91 Å². The van der Waals surface area contributed by atoms with Gasteiger partial charge in [0, 0.05) is 37.7 Å². The number of hydrogen-bond donors (Lipinski definition) is 1. The van der Waals surface area contributed by atoms with Crippen molar-refractivity contribution in [2.45, 2.75) is 33.2 Å². The van der Waals surface area contributed by atoms with Crippen molar-refractivity contribution in [2.75, 3.05) is 19.6 Å². The number of amides is 1. The lowest BCUT2D eigenvalue weighted by Gasteiger charge is -2.28. The molecule has 1 N–H and O–H groups in total. The zero-order valence-corrected chi connectivity index (χ0v) is 18.3. The molecule has 0 unspecified atom stereocenters. The summed E-state index contributed by atoms with van der Waals surface area (Å²) in [5.74, 6) is 0.154. The molecule has 1 aromatic carbocycles. The van der Waals surface area contributed by atoms with Crippen LogP contribution in [0.2, 0.25) is 0 Å². The van der Waals surface area contributed by atoms with Gasteiger partial charge in [-0.15, -0.1) is 0 Å². The molecule has 3 heterocycles. The van der Waals surface area contributed by atoms with E-state index < -0.39 is 5.41 Å². The predicted octanol–water partition coefficient (Wildman–Crippen LogP) is 4.02. The van der Waals surface area contributed by atoms with Crippen LogP contribution in [-0.2, 0) is 17.8 Å². The Balaban J connectivity index is 1.55. The first-order valence-electron chi connectivity index (χ1n) is 11.0. The molecule has 1 fully saturated rings. The maximum Gasteiger partial charge on any atom is 0.227 e. The third kappa shape index (κ3) is 5.00. The summed E-state index contributed by atoms with van der Waals surface area (Å²) in [5.41, 5.74) is 5.07. The highest BCUT2D eigenvalue weighted by Gasteiger charge is 2.44. The molecule has 0 radical (unpaired) electrons. The second-order valence-corrected chi connectivity index (χ2v) is 8.49. The van der Waals surface area contributed by atoms with Gasteiger partial charge < -0.3 is 5.32 Å². The molecule has 1 aliphatic heterocycles. The summed E-state index contributed by atoms with van der Waals surface area (Å²) in [6.45, 7) is 7.06. The summed E-state index contributed by atoms with van der Waals surface area (Å²) in [7, 11) is 0. The largest absolute Gasteiger partial charge is 0.356 e. The maximum absolute atomic E-state index is 13.2. The molecular formula is C26H30N4O. The minimum Gasteiger partial charge on any atom is -0.356 e. The van der Waals surface area contributed by atoms with E-state index in [2.05, 4.69) is 62.6 Å². The normalized spacial score (nSPS) is 18.8. The number of carbonyl (C=O) groups excluding carboxylic acids is 1. The molecule has 160 valence electrons. The van der Waals surface area contributed by atoms with Crippen LogP contribution in [0.15, 0.2) is 67.0 Å². The summed E-state index contributed by atoms with van der Waals surface area (Å²) in [6.07, 6.45) is 5.24. The number of aromatic nitrogens is 2. The fourth-order valence-electron chi connectivity index (χ4n) is 4.55. The monoisotopic (exact) mass is 414 g/mol. The number of nitrogens with one attached hydrogen (secondary N) is 1. The second-order valence-electron chi connectivity index (χ2n) is 8.49. The highest BCUT2D eigenvalue weighted by atomic mass is 16.2. The summed E-state index contributed by atoms with van der Waals surface area (Å²) >= 11 is 0. The first-order valence-corrected chi connectivity index (χ1v) is 11.0. The highest BCUT2D eigenvalue weighted by Crippen LogP contribution is 2.36. The average molecular weight is 415 g/mol. The standard InChI is InChI=1S/C26H30N4O/c1-3-28-25(31)26(12-14-30(19-26)18-24-11-4-7-20(2)29-24)16-21-8-5-9-22(15-21)23-10-6-13-27-17-23/h4-11,13,15,17H,3,12,14,16,18-19H2,1-2H3,(H,28,31)/t26-/m1/s1. The van der Waals surface area contributed by atoms with Gasteiger partial charge in [-0.1, -0.05) is 36.4 Å². The second kappa shape index (κ2) is 9.40. The van der Waals surface area contributed by atoms with Gasteiger partial charge in [-0.3, -0.25) is 19.7 Å². The Morgan fingerprint density at radius 2 is 1.97 bits per heavy atom. The van der Waals surface area contributed by atoms with Gasteiger partial charge in [-0.2, -0.15) is 0 Å². The minimum absolute atomic E-state index is 0.154. The number of nitrogens with zero attached hydrogens (tertiary/aromatic N) is 3. The van der Waals surface area contributed by atoms with E-state index in [1.807, 2.05) is 32.2 Å². The van der Waals surface area contributed by atoms with Crippen LogP contribution in [0.25, 0.3) is 11.1 Å². The molecule has 1 saturated heterocycles. The van der Waals surface area contributed by atoms with E-state index in [1.165, 1.54) is 5.56 Å². The average Bonchev–Trinajstić information content (AvgIpc) is 3.18. The summed E-state index contributed by atoms with van der Waals surface area (Å²) in [6, 6.07) is 18.7. The molecule has 3 aromatic rings. The quantitative estimate of drug-likeness (QED) is 0.634. The molecule has 31 heavy (non-hydrogen) atoms. The van der Waals surface area contributed by atoms with Crippen LogP contribution in [0.3, 0.4) is 0 Å². The van der Waals surface area contributed by atoms with Gasteiger partial charge in [0.05, 0.1) is 11.1 Å². The Kier molecular flexibility index (Phi) is 6.42. The Bertz CT molecular complexity index is 1040. The van der Waals surface area contributed by atoms with Crippen LogP contribution in [0, 0.1) is 12.3 Å². The number of aryl methyl sites for hydroxylation is 1. The van der Waals surface area contributed by atoms with Gasteiger partial charge in [0.1, 0.15) is 0 Å². The Hall–Kier alpha value is -3.05. The molecule has 5 nitrogen and oxygen atoms in total. The highest BCUT2D eigenvalue weighted by molar-refractivity contribution is 5.83. The first kappa shape index (κ1) is 21.2.